The Morgan fingerprint density at radius 3 is 3.05 bits per heavy atom. The van der Waals surface area contributed by atoms with E-state index in [1.165, 1.54) is 23.1 Å². The summed E-state index contributed by atoms with van der Waals surface area (Å²) >= 11 is 0. The second-order valence-corrected chi connectivity index (χ2v) is 5.80. The molecule has 2 aromatic rings. The molecule has 0 saturated heterocycles. The fourth-order valence-corrected chi connectivity index (χ4v) is 3.06. The van der Waals surface area contributed by atoms with Crippen LogP contribution in [0.15, 0.2) is 30.6 Å². The number of aromatic nitrogens is 2. The van der Waals surface area contributed by atoms with Gasteiger partial charge >= 0.3 is 0 Å². The van der Waals surface area contributed by atoms with Crippen molar-refractivity contribution in [2.75, 3.05) is 13.7 Å². The molecule has 1 aliphatic carbocycles. The molecule has 0 fully saturated rings. The van der Waals surface area contributed by atoms with E-state index in [2.05, 4.69) is 34.8 Å². The molecule has 112 valence electrons. The second-order valence-electron chi connectivity index (χ2n) is 5.80. The van der Waals surface area contributed by atoms with E-state index in [-0.39, 0.29) is 0 Å². The first-order chi connectivity index (χ1) is 10.2. The summed E-state index contributed by atoms with van der Waals surface area (Å²) in [6.45, 7) is 1.01. The summed E-state index contributed by atoms with van der Waals surface area (Å²) in [5, 5.41) is 7.89. The number of methoxy groups -OCH3 is 1. The van der Waals surface area contributed by atoms with Crippen molar-refractivity contribution in [2.45, 2.75) is 31.7 Å². The van der Waals surface area contributed by atoms with Crippen LogP contribution in [-0.4, -0.2) is 29.5 Å². The Balaban J connectivity index is 1.53. The third-order valence-corrected chi connectivity index (χ3v) is 4.25. The number of hydrogen-bond donors (Lipinski definition) is 1. The Morgan fingerprint density at radius 2 is 2.29 bits per heavy atom. The molecule has 3 rings (SSSR count). The first kappa shape index (κ1) is 14.1. The quantitative estimate of drug-likeness (QED) is 0.914. The molecule has 0 saturated carbocycles. The van der Waals surface area contributed by atoms with E-state index in [1.54, 1.807) is 7.11 Å². The van der Waals surface area contributed by atoms with Gasteiger partial charge in [0.2, 0.25) is 0 Å². The lowest BCUT2D eigenvalue weighted by atomic mass is 9.88. The maximum absolute atomic E-state index is 5.33. The molecule has 0 amide bonds. The topological polar surface area (TPSA) is 39.1 Å². The maximum Gasteiger partial charge on any atom is 0.119 e. The summed E-state index contributed by atoms with van der Waals surface area (Å²) in [5.41, 5.74) is 4.20. The highest BCUT2D eigenvalue weighted by Crippen LogP contribution is 2.25. The average molecular weight is 285 g/mol. The Labute approximate surface area is 126 Å². The number of hydrogen-bond acceptors (Lipinski definition) is 3. The number of benzene rings is 1. The van der Waals surface area contributed by atoms with Gasteiger partial charge in [-0.25, -0.2) is 0 Å². The van der Waals surface area contributed by atoms with Crippen LogP contribution in [0.25, 0.3) is 0 Å². The van der Waals surface area contributed by atoms with Gasteiger partial charge in [-0.1, -0.05) is 6.07 Å². The van der Waals surface area contributed by atoms with E-state index in [1.807, 2.05) is 17.9 Å². The predicted octanol–water partition coefficient (Wildman–Crippen LogP) is 2.12. The molecule has 0 aliphatic heterocycles. The summed E-state index contributed by atoms with van der Waals surface area (Å²) in [4.78, 5) is 0. The molecule has 4 heteroatoms. The summed E-state index contributed by atoms with van der Waals surface area (Å²) in [7, 11) is 3.69. The number of nitrogens with zero attached hydrogens (tertiary/aromatic N) is 2. The lowest BCUT2D eigenvalue weighted by Crippen LogP contribution is -2.35. The minimum atomic E-state index is 0.571. The van der Waals surface area contributed by atoms with Crippen molar-refractivity contribution >= 4 is 0 Å². The fourth-order valence-electron chi connectivity index (χ4n) is 3.06. The third kappa shape index (κ3) is 3.45. The van der Waals surface area contributed by atoms with Gasteiger partial charge in [0.25, 0.3) is 0 Å². The maximum atomic E-state index is 5.33. The van der Waals surface area contributed by atoms with Crippen LogP contribution in [0.5, 0.6) is 5.75 Å². The van der Waals surface area contributed by atoms with Crippen LogP contribution in [-0.2, 0) is 26.3 Å². The normalized spacial score (nSPS) is 17.5. The summed E-state index contributed by atoms with van der Waals surface area (Å²) in [6, 6.07) is 7.03. The van der Waals surface area contributed by atoms with Gasteiger partial charge in [-0.2, -0.15) is 5.10 Å². The van der Waals surface area contributed by atoms with Gasteiger partial charge in [0.15, 0.2) is 0 Å². The molecule has 1 unspecified atom stereocenters. The summed E-state index contributed by atoms with van der Waals surface area (Å²) in [6.07, 6.45) is 8.54. The van der Waals surface area contributed by atoms with Gasteiger partial charge in [-0.3, -0.25) is 4.68 Å². The SMILES string of the molecule is COc1ccc2c(c1)CC(NCCc1cnn(C)c1)CC2. The van der Waals surface area contributed by atoms with Crippen molar-refractivity contribution in [3.8, 4) is 5.75 Å². The van der Waals surface area contributed by atoms with E-state index in [9.17, 15) is 0 Å². The minimum Gasteiger partial charge on any atom is -0.497 e. The zero-order chi connectivity index (χ0) is 14.7. The van der Waals surface area contributed by atoms with Crippen LogP contribution >= 0.6 is 0 Å². The number of fused-ring (bicyclic) bond motifs is 1. The first-order valence-corrected chi connectivity index (χ1v) is 7.61. The molecule has 1 heterocycles. The van der Waals surface area contributed by atoms with Gasteiger partial charge in [0.05, 0.1) is 13.3 Å². The van der Waals surface area contributed by atoms with Crippen molar-refractivity contribution in [2.24, 2.45) is 7.05 Å². The van der Waals surface area contributed by atoms with Crippen molar-refractivity contribution in [1.29, 1.82) is 0 Å². The van der Waals surface area contributed by atoms with Crippen molar-refractivity contribution in [1.82, 2.24) is 15.1 Å². The molecular formula is C17H23N3O. The molecule has 1 atom stereocenters. The molecule has 1 N–H and O–H groups in total. The lowest BCUT2D eigenvalue weighted by Gasteiger charge is -2.26. The van der Waals surface area contributed by atoms with Crippen LogP contribution < -0.4 is 10.1 Å². The largest absolute Gasteiger partial charge is 0.497 e. The highest BCUT2D eigenvalue weighted by molar-refractivity contribution is 5.37. The first-order valence-electron chi connectivity index (χ1n) is 7.61. The van der Waals surface area contributed by atoms with Gasteiger partial charge in [0.1, 0.15) is 5.75 Å². The van der Waals surface area contributed by atoms with E-state index in [4.69, 9.17) is 4.74 Å². The molecule has 0 bridgehead atoms. The zero-order valence-electron chi connectivity index (χ0n) is 12.8. The van der Waals surface area contributed by atoms with E-state index in [0.717, 1.165) is 31.6 Å². The Morgan fingerprint density at radius 1 is 1.38 bits per heavy atom. The standard InChI is InChI=1S/C17H23N3O/c1-20-12-13(11-19-20)7-8-18-16-5-3-14-4-6-17(21-2)10-15(14)9-16/h4,6,10-12,16,18H,3,5,7-9H2,1-2H3. The molecule has 21 heavy (non-hydrogen) atoms. The van der Waals surface area contributed by atoms with E-state index in [0.29, 0.717) is 6.04 Å². The molecular weight excluding hydrogens is 262 g/mol. The molecule has 0 radical (unpaired) electrons. The fraction of sp³-hybridized carbons (Fsp3) is 0.471. The Hall–Kier alpha value is -1.81. The van der Waals surface area contributed by atoms with Gasteiger partial charge in [-0.15, -0.1) is 0 Å². The Bertz CT molecular complexity index is 606. The smallest absolute Gasteiger partial charge is 0.119 e. The van der Waals surface area contributed by atoms with Crippen LogP contribution in [0.2, 0.25) is 0 Å². The average Bonchev–Trinajstić information content (AvgIpc) is 2.92. The summed E-state index contributed by atoms with van der Waals surface area (Å²) < 4.78 is 7.19. The molecule has 1 aromatic carbocycles. The number of ether oxygens (including phenoxy) is 1. The van der Waals surface area contributed by atoms with Crippen molar-refractivity contribution in [3.05, 3.63) is 47.3 Å². The van der Waals surface area contributed by atoms with E-state index >= 15 is 0 Å². The molecule has 4 nitrogen and oxygen atoms in total. The lowest BCUT2D eigenvalue weighted by molar-refractivity contribution is 0.411. The van der Waals surface area contributed by atoms with Crippen molar-refractivity contribution < 1.29 is 4.74 Å². The molecule has 0 spiro atoms. The van der Waals surface area contributed by atoms with E-state index < -0.39 is 0 Å². The van der Waals surface area contributed by atoms with Gasteiger partial charge < -0.3 is 10.1 Å². The molecule has 1 aliphatic rings. The highest BCUT2D eigenvalue weighted by Gasteiger charge is 2.18. The van der Waals surface area contributed by atoms with Crippen molar-refractivity contribution in [3.63, 3.8) is 0 Å². The third-order valence-electron chi connectivity index (χ3n) is 4.25. The monoisotopic (exact) mass is 285 g/mol. The van der Waals surface area contributed by atoms with Gasteiger partial charge in [0, 0.05) is 19.3 Å². The van der Waals surface area contributed by atoms with Crippen LogP contribution in [0.1, 0.15) is 23.1 Å². The van der Waals surface area contributed by atoms with Crippen LogP contribution in [0.3, 0.4) is 0 Å². The zero-order valence-corrected chi connectivity index (χ0v) is 12.8. The number of nitrogens with one attached hydrogen (secondary N) is 1. The van der Waals surface area contributed by atoms with Crippen LogP contribution in [0.4, 0.5) is 0 Å². The Kier molecular flexibility index (Phi) is 4.25. The van der Waals surface area contributed by atoms with Crippen LogP contribution in [0, 0.1) is 0 Å². The molecule has 1 aromatic heterocycles. The van der Waals surface area contributed by atoms with Gasteiger partial charge in [-0.05, 0) is 61.1 Å². The highest BCUT2D eigenvalue weighted by atomic mass is 16.5. The number of aryl methyl sites for hydroxylation is 2. The second kappa shape index (κ2) is 6.31. The summed E-state index contributed by atoms with van der Waals surface area (Å²) in [5.74, 6) is 0.963. The number of rotatable bonds is 5. The minimum absolute atomic E-state index is 0.571. The predicted molar refractivity (Wildman–Crippen MR) is 83.7 cm³/mol.